The highest BCUT2D eigenvalue weighted by molar-refractivity contribution is 7.53. The van der Waals surface area contributed by atoms with E-state index in [1.165, 1.54) is 10.8 Å². The van der Waals surface area contributed by atoms with Gasteiger partial charge in [0.2, 0.25) is 5.95 Å². The second-order valence-corrected chi connectivity index (χ2v) is 13.0. The molecule has 46 heavy (non-hydrogen) atoms. The molecular weight excluding hydrogens is 658 g/mol. The van der Waals surface area contributed by atoms with E-state index in [0.717, 1.165) is 17.2 Å². The van der Waals surface area contributed by atoms with Crippen LogP contribution in [0.25, 0.3) is 22.2 Å². The summed E-state index contributed by atoms with van der Waals surface area (Å²) in [5.74, 6) is -0.341. The van der Waals surface area contributed by atoms with Crippen molar-refractivity contribution in [3.8, 4) is 6.07 Å². The second kappa shape index (κ2) is 12.1. The zero-order valence-corrected chi connectivity index (χ0v) is 25.0. The van der Waals surface area contributed by atoms with Crippen LogP contribution in [-0.4, -0.2) is 109 Å². The van der Waals surface area contributed by atoms with Crippen molar-refractivity contribution in [3.63, 3.8) is 0 Å². The Hall–Kier alpha value is -3.84. The van der Waals surface area contributed by atoms with Crippen LogP contribution in [0.2, 0.25) is 0 Å². The molecule has 0 spiro atoms. The molecule has 0 amide bonds. The molecule has 6 heterocycles. The van der Waals surface area contributed by atoms with E-state index in [9.17, 15) is 44.3 Å². The predicted molar refractivity (Wildman–Crippen MR) is 152 cm³/mol. The number of H-pyrrole nitrogens is 1. The number of nitrogens with two attached hydrogens (primary N) is 2. The molecule has 0 saturated carbocycles. The van der Waals surface area contributed by atoms with E-state index in [4.69, 9.17) is 30.0 Å². The van der Waals surface area contributed by atoms with E-state index >= 15 is 0 Å². The summed E-state index contributed by atoms with van der Waals surface area (Å²) in [6.07, 6.45) is -7.53. The van der Waals surface area contributed by atoms with Gasteiger partial charge in [-0.1, -0.05) is 0 Å². The molecule has 4 aromatic rings. The maximum atomic E-state index is 13.8. The smallest absolute Gasteiger partial charge is 0.338 e. The molecule has 0 bridgehead atoms. The minimum Gasteiger partial charge on any atom is -0.394 e. The van der Waals surface area contributed by atoms with Crippen LogP contribution < -0.4 is 17.0 Å². The van der Waals surface area contributed by atoms with Crippen molar-refractivity contribution in [1.82, 2.24) is 34.1 Å². The van der Waals surface area contributed by atoms with Crippen molar-refractivity contribution in [2.24, 2.45) is 0 Å². The fourth-order valence-electron chi connectivity index (χ4n) is 5.59. The Kier molecular flexibility index (Phi) is 8.43. The largest absolute Gasteiger partial charge is 0.394 e. The lowest BCUT2D eigenvalue weighted by atomic mass is 10.1. The number of nitrogen functional groups attached to an aromatic ring is 2. The number of imidazole rings is 1. The number of hydrogen-bond acceptors (Lipinski definition) is 17. The Balaban J connectivity index is 1.30. The summed E-state index contributed by atoms with van der Waals surface area (Å²) < 4.78 is 49.7. The first-order chi connectivity index (χ1) is 21.9. The Morgan fingerprint density at radius 2 is 1.87 bits per heavy atom. The summed E-state index contributed by atoms with van der Waals surface area (Å²) >= 11 is 0. The van der Waals surface area contributed by atoms with Crippen molar-refractivity contribution in [2.45, 2.75) is 48.6 Å². The van der Waals surface area contributed by atoms with Crippen LogP contribution in [0.15, 0.2) is 23.6 Å². The van der Waals surface area contributed by atoms with Crippen molar-refractivity contribution >= 4 is 49.8 Å². The van der Waals surface area contributed by atoms with Gasteiger partial charge >= 0.3 is 15.9 Å². The van der Waals surface area contributed by atoms with Crippen LogP contribution in [-0.2, 0) is 27.7 Å². The third kappa shape index (κ3) is 5.36. The van der Waals surface area contributed by atoms with Gasteiger partial charge in [0.15, 0.2) is 23.6 Å². The lowest BCUT2D eigenvalue weighted by Gasteiger charge is -2.27. The van der Waals surface area contributed by atoms with Crippen LogP contribution in [0.3, 0.4) is 0 Å². The Labute approximate surface area is 256 Å². The highest BCUT2D eigenvalue weighted by Gasteiger charge is 2.56. The van der Waals surface area contributed by atoms with Crippen LogP contribution in [0.5, 0.6) is 0 Å². The molecule has 2 aliphatic rings. The van der Waals surface area contributed by atoms with Gasteiger partial charge in [0.1, 0.15) is 60.0 Å². The van der Waals surface area contributed by atoms with Gasteiger partial charge in [0, 0.05) is 6.20 Å². The number of ether oxygens (including phenoxy) is 2. The molecule has 10 atom stereocenters. The lowest BCUT2D eigenvalue weighted by Crippen LogP contribution is -2.37. The van der Waals surface area contributed by atoms with Crippen molar-refractivity contribution < 1.29 is 52.8 Å². The van der Waals surface area contributed by atoms with Gasteiger partial charge in [-0.25, -0.2) is 15.0 Å². The third-order valence-electron chi connectivity index (χ3n) is 7.62. The summed E-state index contributed by atoms with van der Waals surface area (Å²) in [7, 11) is -8.75. The van der Waals surface area contributed by atoms with E-state index in [1.54, 1.807) is 0 Å². The third-order valence-corrected chi connectivity index (χ3v) is 9.93. The first-order valence-electron chi connectivity index (χ1n) is 13.2. The van der Waals surface area contributed by atoms with E-state index in [2.05, 4.69) is 24.9 Å². The van der Waals surface area contributed by atoms with Gasteiger partial charge in [-0.2, -0.15) is 10.2 Å². The fourth-order valence-corrected chi connectivity index (χ4v) is 7.76. The molecule has 2 fully saturated rings. The number of fused-ring (bicyclic) bond motifs is 2. The quantitative estimate of drug-likeness (QED) is 0.0841. The lowest BCUT2D eigenvalue weighted by molar-refractivity contribution is -0.0488. The molecule has 10 N–H and O–H groups in total. The van der Waals surface area contributed by atoms with Gasteiger partial charge in [0.25, 0.3) is 5.56 Å². The molecule has 2 aliphatic heterocycles. The molecule has 0 aliphatic carbocycles. The van der Waals surface area contributed by atoms with E-state index < -0.39 is 83.3 Å². The van der Waals surface area contributed by atoms with Crippen molar-refractivity contribution in [2.75, 3.05) is 24.7 Å². The van der Waals surface area contributed by atoms with Gasteiger partial charge in [-0.05, 0) is 0 Å². The number of hydrogen-bond donors (Lipinski definition) is 8. The molecule has 2 saturated heterocycles. The number of aromatic nitrogens is 7. The minimum absolute atomic E-state index is 0.0293. The molecule has 246 valence electrons. The van der Waals surface area contributed by atoms with Crippen molar-refractivity contribution in [3.05, 3.63) is 34.8 Å². The van der Waals surface area contributed by atoms with Crippen LogP contribution in [0, 0.1) is 11.3 Å². The standard InChI is InChI=1S/C22H26N10O12P2/c23-1-7-2-31(17-10(7)16(24)26-5-27-17)20-13(35)14(44-45(37)38)9(43-20)4-41-46(39,40)15-12(34)8(3-33)42-21(15)32-6-28-11-18(32)29-22(25)30-19(11)36/h2,5-6,8-9,12-15,20-21,33-35,45H,3-4H2,(H,37,38)(H,39,40)(H2,24,26,27)(H3,25,29,30,36)/t8-,9-,12-,13-,14-,15-,20-,21-/m1/s1. The average molecular weight is 684 g/mol. The molecule has 0 radical (unpaired) electrons. The summed E-state index contributed by atoms with van der Waals surface area (Å²) in [6.45, 7) is -1.63. The van der Waals surface area contributed by atoms with Gasteiger partial charge in [-0.3, -0.25) is 23.5 Å². The highest BCUT2D eigenvalue weighted by Crippen LogP contribution is 2.57. The highest BCUT2D eigenvalue weighted by atomic mass is 31.2. The fraction of sp³-hybridized carbons (Fsp3) is 0.455. The summed E-state index contributed by atoms with van der Waals surface area (Å²) in [5, 5.41) is 41.5. The minimum atomic E-state index is -5.03. The molecule has 0 aromatic carbocycles. The molecule has 4 aromatic heterocycles. The predicted octanol–water partition coefficient (Wildman–Crippen LogP) is -2.55. The van der Waals surface area contributed by atoms with E-state index in [-0.39, 0.29) is 39.5 Å². The van der Waals surface area contributed by atoms with Crippen LogP contribution in [0.1, 0.15) is 18.0 Å². The van der Waals surface area contributed by atoms with Gasteiger partial charge in [0.05, 0.1) is 30.5 Å². The molecule has 6 rings (SSSR count). The van der Waals surface area contributed by atoms with Gasteiger partial charge < -0.3 is 59.7 Å². The normalized spacial score (nSPS) is 30.1. The first-order valence-corrected chi connectivity index (χ1v) is 16.1. The number of nitrogens with one attached hydrogen (secondary N) is 1. The number of rotatable bonds is 9. The number of aliphatic hydroxyl groups excluding tert-OH is 3. The van der Waals surface area contributed by atoms with Crippen LogP contribution >= 0.6 is 15.9 Å². The topological polar surface area (TPSA) is 342 Å². The number of nitrogens with zero attached hydrogens (tertiary/aromatic N) is 7. The van der Waals surface area contributed by atoms with Crippen molar-refractivity contribution in [1.29, 1.82) is 5.26 Å². The van der Waals surface area contributed by atoms with E-state index in [1.807, 2.05) is 6.07 Å². The van der Waals surface area contributed by atoms with Crippen LogP contribution in [0.4, 0.5) is 11.8 Å². The summed E-state index contributed by atoms with van der Waals surface area (Å²) in [5.41, 5.74) is 8.77. The average Bonchev–Trinajstić information content (AvgIpc) is 3.75. The van der Waals surface area contributed by atoms with Gasteiger partial charge in [-0.15, -0.1) is 0 Å². The van der Waals surface area contributed by atoms with E-state index in [0.29, 0.717) is 0 Å². The number of aromatic amines is 1. The summed E-state index contributed by atoms with van der Waals surface area (Å²) in [4.78, 5) is 51.1. The maximum absolute atomic E-state index is 13.8. The maximum Gasteiger partial charge on any atom is 0.338 e. The zero-order valence-electron chi connectivity index (χ0n) is 23.1. The monoisotopic (exact) mass is 684 g/mol. The Morgan fingerprint density at radius 3 is 2.57 bits per heavy atom. The summed E-state index contributed by atoms with van der Waals surface area (Å²) in [6, 6.07) is 1.93. The Morgan fingerprint density at radius 1 is 1.13 bits per heavy atom. The molecular formula is C22H26N10O12P2. The SMILES string of the molecule is N#Cc1cn([C@@H]2O[C@H](COP(=O)(O)[C@@H]3[C@H](O)[C@@H](CO)O[C@H]3n3cnc4c(=O)[nH]c(N)nc43)[C@@H](O[PH](=O)O)[C@H]2O)c2ncnc(N)c12. The number of nitriles is 1. The zero-order chi connectivity index (χ0) is 33.1. The molecule has 22 nitrogen and oxygen atoms in total. The number of aliphatic hydroxyl groups is 3. The number of anilines is 2. The molecule has 24 heteroatoms. The first kappa shape index (κ1) is 32.1. The Bertz CT molecular complexity index is 1980. The molecule has 2 unspecified atom stereocenters. The second-order valence-electron chi connectivity index (χ2n) is 10.3.